The fourth-order valence-corrected chi connectivity index (χ4v) is 3.95. The van der Waals surface area contributed by atoms with Gasteiger partial charge in [-0.25, -0.2) is 0 Å². The minimum atomic E-state index is -4.27. The average Bonchev–Trinajstić information content (AvgIpc) is 2.57. The summed E-state index contributed by atoms with van der Waals surface area (Å²) in [6, 6.07) is 10.8. The van der Waals surface area contributed by atoms with E-state index in [2.05, 4.69) is 4.98 Å². The van der Waals surface area contributed by atoms with Crippen molar-refractivity contribution in [1.82, 2.24) is 0 Å². The van der Waals surface area contributed by atoms with Crippen LogP contribution in [0.15, 0.2) is 53.4 Å². The maximum atomic E-state index is 12.6. The van der Waals surface area contributed by atoms with Crippen LogP contribution >= 0.6 is 23.2 Å². The van der Waals surface area contributed by atoms with Gasteiger partial charge in [0.1, 0.15) is 4.90 Å². The Balaban J connectivity index is 2.15. The van der Waals surface area contributed by atoms with E-state index in [0.717, 1.165) is 0 Å². The van der Waals surface area contributed by atoms with E-state index in [1.165, 1.54) is 48.5 Å². The molecular formula is C16H8Cl2N2O4S. The third kappa shape index (κ3) is 3.20. The molecular weight excluding hydrogens is 387 g/mol. The lowest BCUT2D eigenvalue weighted by atomic mass is 10.1. The second-order valence-corrected chi connectivity index (χ2v) is 7.34. The number of diazo groups is 1. The van der Waals surface area contributed by atoms with Crippen molar-refractivity contribution >= 4 is 49.8 Å². The fraction of sp³-hybridized carbons (Fsp3) is 0. The molecule has 0 amide bonds. The van der Waals surface area contributed by atoms with Crippen molar-refractivity contribution < 1.29 is 17.7 Å². The Labute approximate surface area is 152 Å². The number of hydrogen-bond acceptors (Lipinski definition) is 5. The van der Waals surface area contributed by atoms with Gasteiger partial charge in [-0.3, -0.25) is 0 Å². The van der Waals surface area contributed by atoms with Crippen molar-refractivity contribution in [3.8, 4) is 11.5 Å². The van der Waals surface area contributed by atoms with E-state index in [0.29, 0.717) is 5.02 Å². The highest BCUT2D eigenvalue weighted by atomic mass is 35.5. The summed E-state index contributed by atoms with van der Waals surface area (Å²) >= 11 is 11.7. The fourth-order valence-electron chi connectivity index (χ4n) is 2.29. The predicted octanol–water partition coefficient (Wildman–Crippen LogP) is 4.47. The van der Waals surface area contributed by atoms with Crippen LogP contribution in [0.1, 0.15) is 0 Å². The van der Waals surface area contributed by atoms with Crippen molar-refractivity contribution in [3.63, 3.8) is 0 Å². The van der Waals surface area contributed by atoms with Crippen LogP contribution in [0, 0.1) is 5.39 Å². The highest BCUT2D eigenvalue weighted by Crippen LogP contribution is 2.37. The molecule has 0 aromatic heterocycles. The molecule has 0 aliphatic carbocycles. The second kappa shape index (κ2) is 6.41. The van der Waals surface area contributed by atoms with Crippen molar-refractivity contribution in [1.29, 1.82) is 5.39 Å². The van der Waals surface area contributed by atoms with Gasteiger partial charge in [0, 0.05) is 16.5 Å². The maximum Gasteiger partial charge on any atom is 0.378 e. The van der Waals surface area contributed by atoms with Crippen molar-refractivity contribution in [2.75, 3.05) is 0 Å². The Bertz CT molecular complexity index is 1140. The molecule has 0 radical (unpaired) electrons. The summed E-state index contributed by atoms with van der Waals surface area (Å²) in [7, 11) is -4.27. The van der Waals surface area contributed by atoms with Crippen LogP contribution in [0.2, 0.25) is 10.0 Å². The number of rotatable bonds is 3. The Kier molecular flexibility index (Phi) is 4.43. The predicted molar refractivity (Wildman–Crippen MR) is 92.4 cm³/mol. The molecule has 3 rings (SSSR count). The highest BCUT2D eigenvalue weighted by Gasteiger charge is 2.22. The number of nitrogens with zero attached hydrogens (tertiary/aromatic N) is 2. The summed E-state index contributed by atoms with van der Waals surface area (Å²) in [5.74, 6) is -0.686. The molecule has 9 heteroatoms. The largest absolute Gasteiger partial charge is 0.867 e. The van der Waals surface area contributed by atoms with Gasteiger partial charge >= 0.3 is 15.8 Å². The molecule has 25 heavy (non-hydrogen) atoms. The highest BCUT2D eigenvalue weighted by molar-refractivity contribution is 7.87. The lowest BCUT2D eigenvalue weighted by Gasteiger charge is -2.13. The van der Waals surface area contributed by atoms with Gasteiger partial charge < -0.3 is 9.29 Å². The third-order valence-electron chi connectivity index (χ3n) is 3.42. The second-order valence-electron chi connectivity index (χ2n) is 4.98. The Morgan fingerprint density at radius 2 is 1.80 bits per heavy atom. The van der Waals surface area contributed by atoms with Gasteiger partial charge in [-0.1, -0.05) is 35.3 Å². The first kappa shape index (κ1) is 17.3. The molecule has 0 unspecified atom stereocenters. The monoisotopic (exact) mass is 394 g/mol. The summed E-state index contributed by atoms with van der Waals surface area (Å²) in [4.78, 5) is 2.67. The first-order valence-corrected chi connectivity index (χ1v) is 8.97. The molecule has 0 heterocycles. The van der Waals surface area contributed by atoms with Gasteiger partial charge in [-0.2, -0.15) is 8.42 Å². The molecule has 0 aliphatic heterocycles. The molecule has 0 N–H and O–H groups in total. The van der Waals surface area contributed by atoms with Crippen LogP contribution in [0.25, 0.3) is 15.7 Å². The lowest BCUT2D eigenvalue weighted by Crippen LogP contribution is -2.10. The van der Waals surface area contributed by atoms with E-state index in [9.17, 15) is 13.5 Å². The molecule has 0 saturated heterocycles. The zero-order valence-corrected chi connectivity index (χ0v) is 14.6. The first-order chi connectivity index (χ1) is 11.8. The number of benzene rings is 3. The van der Waals surface area contributed by atoms with Gasteiger partial charge in [-0.05, 0) is 41.5 Å². The van der Waals surface area contributed by atoms with Gasteiger partial charge in [-0.15, -0.1) is 0 Å². The van der Waals surface area contributed by atoms with Crippen LogP contribution < -0.4 is 9.29 Å². The summed E-state index contributed by atoms with van der Waals surface area (Å²) < 4.78 is 30.3. The summed E-state index contributed by atoms with van der Waals surface area (Å²) in [5.41, 5.74) is -0.191. The molecule has 6 nitrogen and oxygen atoms in total. The van der Waals surface area contributed by atoms with E-state index in [-0.39, 0.29) is 32.1 Å². The summed E-state index contributed by atoms with van der Waals surface area (Å²) in [6.45, 7) is 0. The average molecular weight is 395 g/mol. The van der Waals surface area contributed by atoms with E-state index >= 15 is 0 Å². The smallest absolute Gasteiger partial charge is 0.378 e. The molecule has 0 saturated carbocycles. The molecule has 0 spiro atoms. The minimum absolute atomic E-state index is 0.0298. The van der Waals surface area contributed by atoms with Crippen LogP contribution in [-0.2, 0) is 10.1 Å². The van der Waals surface area contributed by atoms with Crippen LogP contribution in [0.3, 0.4) is 0 Å². The Hall–Kier alpha value is -2.53. The molecule has 3 aromatic rings. The van der Waals surface area contributed by atoms with Gasteiger partial charge in [0.25, 0.3) is 0 Å². The SMILES string of the molecule is N#[N+]c1ccc2c(S(=O)(=O)Oc3ccc(Cl)cc3Cl)cccc2c1[O-]. The van der Waals surface area contributed by atoms with Gasteiger partial charge in [0.05, 0.1) is 5.02 Å². The maximum absolute atomic E-state index is 12.6. The number of hydrogen-bond donors (Lipinski definition) is 0. The van der Waals surface area contributed by atoms with Gasteiger partial charge in [0.2, 0.25) is 5.39 Å². The molecule has 126 valence electrons. The molecule has 0 aliphatic rings. The normalized spacial score (nSPS) is 11.2. The number of fused-ring (bicyclic) bond motifs is 1. The lowest BCUT2D eigenvalue weighted by molar-refractivity contribution is -0.264. The Morgan fingerprint density at radius 1 is 1.04 bits per heavy atom. The summed E-state index contributed by atoms with van der Waals surface area (Å²) in [5, 5.41) is 21.6. The van der Waals surface area contributed by atoms with Crippen molar-refractivity contribution in [2.24, 2.45) is 0 Å². The van der Waals surface area contributed by atoms with E-state index in [1.54, 1.807) is 0 Å². The van der Waals surface area contributed by atoms with E-state index < -0.39 is 15.9 Å². The van der Waals surface area contributed by atoms with Crippen LogP contribution in [-0.4, -0.2) is 8.42 Å². The quantitative estimate of drug-likeness (QED) is 0.482. The number of halogens is 2. The molecule has 0 bridgehead atoms. The van der Waals surface area contributed by atoms with E-state index in [4.69, 9.17) is 32.8 Å². The molecule has 3 aromatic carbocycles. The van der Waals surface area contributed by atoms with Crippen molar-refractivity contribution in [3.05, 3.63) is 63.6 Å². The van der Waals surface area contributed by atoms with Crippen LogP contribution in [0.5, 0.6) is 11.5 Å². The first-order valence-electron chi connectivity index (χ1n) is 6.81. The molecule has 0 fully saturated rings. The van der Waals surface area contributed by atoms with Crippen LogP contribution in [0.4, 0.5) is 5.69 Å². The molecule has 0 atom stereocenters. The topological polar surface area (TPSA) is 94.6 Å². The van der Waals surface area contributed by atoms with Crippen molar-refractivity contribution in [2.45, 2.75) is 4.90 Å². The Morgan fingerprint density at radius 3 is 2.48 bits per heavy atom. The standard InChI is InChI=1S/C16H8Cl2N2O4S/c17-9-4-7-14(12(18)8-9)24-25(22,23)15-3-1-2-11-10(15)5-6-13(20-19)16(11)21/h1-8H. The van der Waals surface area contributed by atoms with Gasteiger partial charge in [0.15, 0.2) is 10.7 Å². The summed E-state index contributed by atoms with van der Waals surface area (Å²) in [6.07, 6.45) is 0. The zero-order chi connectivity index (χ0) is 18.2. The zero-order valence-electron chi connectivity index (χ0n) is 12.3. The van der Waals surface area contributed by atoms with E-state index in [1.807, 2.05) is 0 Å². The minimum Gasteiger partial charge on any atom is -0.867 e. The third-order valence-corrected chi connectivity index (χ3v) is 5.25.